The van der Waals surface area contributed by atoms with E-state index in [2.05, 4.69) is 137 Å². The van der Waals surface area contributed by atoms with Crippen molar-refractivity contribution in [3.05, 3.63) is 127 Å². The molecule has 8 aromatic rings. The smallest absolute Gasteiger partial charge is 0.256 e. The van der Waals surface area contributed by atoms with Gasteiger partial charge in [0.25, 0.3) is 6.71 Å². The van der Waals surface area contributed by atoms with Gasteiger partial charge in [-0.1, -0.05) is 84.9 Å². The number of ether oxygens (including phenoxy) is 1. The number of para-hydroxylation sites is 4. The van der Waals surface area contributed by atoms with Crippen LogP contribution < -0.4 is 21.1 Å². The first kappa shape index (κ1) is 20.7. The number of nitrogens with zero attached hydrogens (tertiary/aromatic N) is 2. The van der Waals surface area contributed by atoms with Gasteiger partial charge in [0.1, 0.15) is 11.5 Å². The maximum Gasteiger partial charge on any atom is 0.256 e. The van der Waals surface area contributed by atoms with Crippen LogP contribution in [0.4, 0.5) is 0 Å². The molecule has 0 saturated heterocycles. The van der Waals surface area contributed by atoms with Crippen molar-refractivity contribution in [3.8, 4) is 22.9 Å². The van der Waals surface area contributed by atoms with Crippen LogP contribution in [0.15, 0.2) is 127 Å². The molecule has 0 radical (unpaired) electrons. The van der Waals surface area contributed by atoms with Gasteiger partial charge in [0.15, 0.2) is 0 Å². The Kier molecular flexibility index (Phi) is 3.75. The fourth-order valence-corrected chi connectivity index (χ4v) is 7.48. The first-order valence-electron chi connectivity index (χ1n) is 13.8. The average Bonchev–Trinajstić information content (AvgIpc) is 3.53. The summed E-state index contributed by atoms with van der Waals surface area (Å²) in [6.45, 7) is 0.137. The summed E-state index contributed by atoms with van der Waals surface area (Å²) in [7, 11) is 0. The van der Waals surface area contributed by atoms with E-state index in [9.17, 15) is 0 Å². The van der Waals surface area contributed by atoms with E-state index in [1.165, 1.54) is 71.4 Å². The average molecular weight is 508 g/mol. The third-order valence-corrected chi connectivity index (χ3v) is 8.96. The molecule has 0 unspecified atom stereocenters. The topological polar surface area (TPSA) is 19.1 Å². The number of benzene rings is 6. The minimum Gasteiger partial charge on any atom is -0.458 e. The molecule has 4 heterocycles. The molecule has 0 aliphatic carbocycles. The largest absolute Gasteiger partial charge is 0.458 e. The van der Waals surface area contributed by atoms with Gasteiger partial charge in [-0.25, -0.2) is 0 Å². The molecule has 10 rings (SSSR count). The Hall–Kier alpha value is -5.22. The predicted octanol–water partition coefficient (Wildman–Crippen LogP) is 6.82. The van der Waals surface area contributed by atoms with Gasteiger partial charge in [-0.2, -0.15) is 0 Å². The number of aromatic nitrogens is 2. The van der Waals surface area contributed by atoms with Crippen LogP contribution in [-0.2, 0) is 0 Å². The zero-order valence-electron chi connectivity index (χ0n) is 21.5. The SMILES string of the molecule is c1ccc(-n2c3ccccc3c3c2ccc2c4cccc5c4n(c23)-c2cccc3c2B5c2ccccc2O3)cc1. The molecule has 40 heavy (non-hydrogen) atoms. The number of hydrogen-bond donors (Lipinski definition) is 0. The summed E-state index contributed by atoms with van der Waals surface area (Å²) in [5.41, 5.74) is 11.2. The lowest BCUT2D eigenvalue weighted by Gasteiger charge is -2.33. The van der Waals surface area contributed by atoms with Gasteiger partial charge >= 0.3 is 0 Å². The Balaban J connectivity index is 1.45. The Labute approximate surface area is 230 Å². The number of hydrogen-bond acceptors (Lipinski definition) is 1. The summed E-state index contributed by atoms with van der Waals surface area (Å²) in [4.78, 5) is 0. The maximum absolute atomic E-state index is 6.53. The fourth-order valence-electron chi connectivity index (χ4n) is 7.48. The molecule has 184 valence electrons. The summed E-state index contributed by atoms with van der Waals surface area (Å²) in [6, 6.07) is 46.0. The van der Waals surface area contributed by atoms with Gasteiger partial charge in [0.05, 0.1) is 16.6 Å². The van der Waals surface area contributed by atoms with Gasteiger partial charge in [-0.3, -0.25) is 0 Å². The molecule has 0 fully saturated rings. The van der Waals surface area contributed by atoms with E-state index in [0.717, 1.165) is 11.5 Å². The van der Waals surface area contributed by atoms with Crippen molar-refractivity contribution in [2.75, 3.05) is 0 Å². The highest BCUT2D eigenvalue weighted by Crippen LogP contribution is 2.43. The van der Waals surface area contributed by atoms with Gasteiger partial charge in [-0.05, 0) is 58.9 Å². The lowest BCUT2D eigenvalue weighted by atomic mass is 9.34. The molecule has 3 nitrogen and oxygen atoms in total. The van der Waals surface area contributed by atoms with Crippen LogP contribution in [0.1, 0.15) is 0 Å². The highest BCUT2D eigenvalue weighted by Gasteiger charge is 2.40. The fraction of sp³-hybridized carbons (Fsp3) is 0. The van der Waals surface area contributed by atoms with Crippen LogP contribution in [0.25, 0.3) is 55.0 Å². The van der Waals surface area contributed by atoms with Crippen molar-refractivity contribution in [2.24, 2.45) is 0 Å². The zero-order valence-corrected chi connectivity index (χ0v) is 21.5. The van der Waals surface area contributed by atoms with Crippen molar-refractivity contribution in [2.45, 2.75) is 0 Å². The molecule has 2 aliphatic rings. The van der Waals surface area contributed by atoms with Gasteiger partial charge in [-0.15, -0.1) is 0 Å². The summed E-state index contributed by atoms with van der Waals surface area (Å²) in [5.74, 6) is 1.90. The Bertz CT molecular complexity index is 2360. The molecule has 2 aromatic heterocycles. The first-order valence-corrected chi connectivity index (χ1v) is 13.8. The standard InChI is InChI=1S/C36H21BN2O/c1-2-10-22(11-3-1)38-28-16-6-4-12-25(28)33-29(38)21-20-24-23-13-8-15-27-35(23)39(36(24)33)30-17-9-19-32-34(30)37(27)26-14-5-7-18-31(26)40-32/h1-21H. The minimum atomic E-state index is 0.137. The Morgan fingerprint density at radius 1 is 0.475 bits per heavy atom. The lowest BCUT2D eigenvalue weighted by Crippen LogP contribution is -2.58. The van der Waals surface area contributed by atoms with E-state index < -0.39 is 0 Å². The van der Waals surface area contributed by atoms with Crippen LogP contribution in [0, 0.1) is 0 Å². The molecular weight excluding hydrogens is 487 g/mol. The van der Waals surface area contributed by atoms with E-state index in [0.29, 0.717) is 0 Å². The van der Waals surface area contributed by atoms with E-state index in [1.807, 2.05) is 0 Å². The molecule has 4 heteroatoms. The molecule has 0 spiro atoms. The third kappa shape index (κ3) is 2.39. The van der Waals surface area contributed by atoms with Crippen LogP contribution in [-0.4, -0.2) is 15.8 Å². The summed E-state index contributed by atoms with van der Waals surface area (Å²) in [6.07, 6.45) is 0. The van der Waals surface area contributed by atoms with Crippen molar-refractivity contribution in [1.82, 2.24) is 9.13 Å². The highest BCUT2D eigenvalue weighted by atomic mass is 16.5. The van der Waals surface area contributed by atoms with Gasteiger partial charge in [0, 0.05) is 38.4 Å². The molecule has 0 amide bonds. The van der Waals surface area contributed by atoms with Crippen molar-refractivity contribution >= 4 is 66.7 Å². The van der Waals surface area contributed by atoms with Crippen LogP contribution in [0.5, 0.6) is 11.5 Å². The van der Waals surface area contributed by atoms with Crippen molar-refractivity contribution < 1.29 is 4.74 Å². The highest BCUT2D eigenvalue weighted by molar-refractivity contribution is 6.99. The van der Waals surface area contributed by atoms with Crippen molar-refractivity contribution in [3.63, 3.8) is 0 Å². The Morgan fingerprint density at radius 2 is 1.20 bits per heavy atom. The predicted molar refractivity (Wildman–Crippen MR) is 166 cm³/mol. The van der Waals surface area contributed by atoms with E-state index in [4.69, 9.17) is 4.74 Å². The molecule has 6 aromatic carbocycles. The zero-order chi connectivity index (χ0) is 25.9. The molecular formula is C36H21BN2O. The summed E-state index contributed by atoms with van der Waals surface area (Å²) < 4.78 is 11.5. The molecule has 0 bridgehead atoms. The normalized spacial score (nSPS) is 13.2. The quantitative estimate of drug-likeness (QED) is 0.223. The van der Waals surface area contributed by atoms with E-state index in [-0.39, 0.29) is 6.71 Å². The van der Waals surface area contributed by atoms with Crippen LogP contribution in [0.2, 0.25) is 0 Å². The second-order valence-corrected chi connectivity index (χ2v) is 10.9. The third-order valence-electron chi connectivity index (χ3n) is 8.96. The molecule has 0 atom stereocenters. The van der Waals surface area contributed by atoms with Gasteiger partial charge in [0.2, 0.25) is 0 Å². The van der Waals surface area contributed by atoms with Gasteiger partial charge < -0.3 is 13.9 Å². The van der Waals surface area contributed by atoms with E-state index >= 15 is 0 Å². The molecule has 2 aliphatic heterocycles. The number of fused-ring (bicyclic) bond motifs is 11. The van der Waals surface area contributed by atoms with Crippen LogP contribution in [0.3, 0.4) is 0 Å². The second-order valence-electron chi connectivity index (χ2n) is 10.9. The summed E-state index contributed by atoms with van der Waals surface area (Å²) >= 11 is 0. The molecule has 0 saturated carbocycles. The number of rotatable bonds is 1. The summed E-state index contributed by atoms with van der Waals surface area (Å²) in [5, 5.41) is 5.13. The lowest BCUT2D eigenvalue weighted by molar-refractivity contribution is 0.487. The Morgan fingerprint density at radius 3 is 2.15 bits per heavy atom. The van der Waals surface area contributed by atoms with Crippen molar-refractivity contribution in [1.29, 1.82) is 0 Å². The van der Waals surface area contributed by atoms with E-state index in [1.54, 1.807) is 0 Å². The monoisotopic (exact) mass is 508 g/mol. The minimum absolute atomic E-state index is 0.137. The molecule has 0 N–H and O–H groups in total. The van der Waals surface area contributed by atoms with Crippen LogP contribution >= 0.6 is 0 Å². The second kappa shape index (κ2) is 7.25. The first-order chi connectivity index (χ1) is 19.9. The maximum atomic E-state index is 6.53.